The first-order valence-electron chi connectivity index (χ1n) is 5.73. The number of hydrogen-bond donors (Lipinski definition) is 2. The highest BCUT2D eigenvalue weighted by atomic mass is 16.5. The number of aryl methyl sites for hydroxylation is 1. The molecular formula is C13H13NO5. The van der Waals surface area contributed by atoms with Crippen molar-refractivity contribution in [2.75, 3.05) is 11.9 Å². The van der Waals surface area contributed by atoms with Gasteiger partial charge in [-0.3, -0.25) is 5.32 Å². The van der Waals surface area contributed by atoms with Crippen LogP contribution in [0.15, 0.2) is 22.6 Å². The Morgan fingerprint density at radius 1 is 1.42 bits per heavy atom. The van der Waals surface area contributed by atoms with Gasteiger partial charge >= 0.3 is 12.1 Å². The first-order valence-corrected chi connectivity index (χ1v) is 5.73. The molecule has 0 radical (unpaired) electrons. The number of benzene rings is 1. The minimum atomic E-state index is -1.17. The number of carbonyl (C=O) groups is 2. The minimum Gasteiger partial charge on any atom is -0.465 e. The largest absolute Gasteiger partial charge is 0.465 e. The van der Waals surface area contributed by atoms with E-state index >= 15 is 0 Å². The predicted molar refractivity (Wildman–Crippen MR) is 68.6 cm³/mol. The highest BCUT2D eigenvalue weighted by Crippen LogP contribution is 2.30. The fourth-order valence-electron chi connectivity index (χ4n) is 1.80. The molecule has 100 valence electrons. The number of amides is 1. The number of fused-ring (bicyclic) bond motifs is 1. The van der Waals surface area contributed by atoms with Gasteiger partial charge in [0, 0.05) is 11.5 Å². The summed E-state index contributed by atoms with van der Waals surface area (Å²) in [6.07, 6.45) is -1.17. The van der Waals surface area contributed by atoms with E-state index in [4.69, 9.17) is 14.3 Å². The van der Waals surface area contributed by atoms with Crippen molar-refractivity contribution >= 4 is 28.7 Å². The van der Waals surface area contributed by atoms with E-state index in [1.807, 2.05) is 0 Å². The van der Waals surface area contributed by atoms with Crippen molar-refractivity contribution in [3.8, 4) is 0 Å². The molecule has 6 nitrogen and oxygen atoms in total. The van der Waals surface area contributed by atoms with Crippen LogP contribution in [0.1, 0.15) is 23.0 Å². The SMILES string of the molecule is CCOC(=O)c1cc2c(NC(=O)O)c(C)ccc2o1. The third-order valence-corrected chi connectivity index (χ3v) is 2.62. The van der Waals surface area contributed by atoms with Gasteiger partial charge in [0.2, 0.25) is 5.76 Å². The second-order valence-electron chi connectivity index (χ2n) is 3.93. The number of ether oxygens (including phenoxy) is 1. The molecule has 6 heteroatoms. The maximum absolute atomic E-state index is 11.6. The van der Waals surface area contributed by atoms with E-state index in [9.17, 15) is 9.59 Å². The van der Waals surface area contributed by atoms with E-state index in [1.54, 1.807) is 26.0 Å². The fraction of sp³-hybridized carbons (Fsp3) is 0.231. The van der Waals surface area contributed by atoms with Crippen LogP contribution in [0.4, 0.5) is 10.5 Å². The summed E-state index contributed by atoms with van der Waals surface area (Å²) in [5.74, 6) is -0.520. The van der Waals surface area contributed by atoms with E-state index in [1.165, 1.54) is 6.07 Å². The van der Waals surface area contributed by atoms with Crippen LogP contribution < -0.4 is 5.32 Å². The number of carbonyl (C=O) groups excluding carboxylic acids is 1. The Morgan fingerprint density at radius 2 is 2.16 bits per heavy atom. The van der Waals surface area contributed by atoms with Gasteiger partial charge in [0.05, 0.1) is 12.3 Å². The van der Waals surface area contributed by atoms with Gasteiger partial charge in [0.15, 0.2) is 0 Å². The molecule has 19 heavy (non-hydrogen) atoms. The molecule has 0 unspecified atom stereocenters. The second-order valence-corrected chi connectivity index (χ2v) is 3.93. The molecule has 0 aliphatic rings. The van der Waals surface area contributed by atoms with Gasteiger partial charge in [-0.15, -0.1) is 0 Å². The summed E-state index contributed by atoms with van der Waals surface area (Å²) in [6.45, 7) is 3.71. The maximum Gasteiger partial charge on any atom is 0.409 e. The quantitative estimate of drug-likeness (QED) is 0.831. The van der Waals surface area contributed by atoms with Crippen molar-refractivity contribution in [3.63, 3.8) is 0 Å². The molecule has 1 aromatic carbocycles. The van der Waals surface area contributed by atoms with Crippen LogP contribution in [0.5, 0.6) is 0 Å². The lowest BCUT2D eigenvalue weighted by molar-refractivity contribution is 0.0492. The zero-order chi connectivity index (χ0) is 14.0. The zero-order valence-corrected chi connectivity index (χ0v) is 10.5. The molecule has 0 bridgehead atoms. The van der Waals surface area contributed by atoms with Crippen LogP contribution in [-0.2, 0) is 4.74 Å². The Balaban J connectivity index is 2.52. The van der Waals surface area contributed by atoms with Crippen LogP contribution in [-0.4, -0.2) is 23.8 Å². The highest BCUT2D eigenvalue weighted by molar-refractivity contribution is 6.02. The fourth-order valence-corrected chi connectivity index (χ4v) is 1.80. The van der Waals surface area contributed by atoms with Gasteiger partial charge in [-0.2, -0.15) is 0 Å². The number of carboxylic acid groups (broad SMARTS) is 1. The zero-order valence-electron chi connectivity index (χ0n) is 10.5. The summed E-state index contributed by atoms with van der Waals surface area (Å²) in [7, 11) is 0. The molecule has 0 atom stereocenters. The van der Waals surface area contributed by atoms with Gasteiger partial charge in [0.1, 0.15) is 5.58 Å². The summed E-state index contributed by atoms with van der Waals surface area (Å²) in [5, 5.41) is 11.7. The number of nitrogens with one attached hydrogen (secondary N) is 1. The van der Waals surface area contributed by atoms with Crippen molar-refractivity contribution in [1.29, 1.82) is 0 Å². The normalized spacial score (nSPS) is 10.4. The smallest absolute Gasteiger partial charge is 0.409 e. The summed E-state index contributed by atoms with van der Waals surface area (Å²) in [4.78, 5) is 22.4. The lowest BCUT2D eigenvalue weighted by Crippen LogP contribution is -2.08. The van der Waals surface area contributed by atoms with Crippen LogP contribution in [0.3, 0.4) is 0 Å². The summed E-state index contributed by atoms with van der Waals surface area (Å²) in [5.41, 5.74) is 1.58. The van der Waals surface area contributed by atoms with Crippen molar-refractivity contribution in [2.45, 2.75) is 13.8 Å². The molecule has 2 aromatic rings. The van der Waals surface area contributed by atoms with Crippen LogP contribution >= 0.6 is 0 Å². The Hall–Kier alpha value is -2.50. The monoisotopic (exact) mass is 263 g/mol. The molecule has 0 aliphatic heterocycles. The lowest BCUT2D eigenvalue weighted by Gasteiger charge is -2.05. The number of rotatable bonds is 3. The Labute approximate surface area is 109 Å². The minimum absolute atomic E-state index is 0.0517. The number of furan rings is 1. The summed E-state index contributed by atoms with van der Waals surface area (Å²) in [6, 6.07) is 4.87. The average molecular weight is 263 g/mol. The van der Waals surface area contributed by atoms with E-state index in [0.717, 1.165) is 5.56 Å². The summed E-state index contributed by atoms with van der Waals surface area (Å²) < 4.78 is 10.2. The van der Waals surface area contributed by atoms with Gasteiger partial charge in [-0.05, 0) is 25.5 Å². The standard InChI is InChI=1S/C13H13NO5/c1-3-18-12(15)10-6-8-9(19-10)5-4-7(2)11(8)14-13(16)17/h4-6,14H,3H2,1-2H3,(H,16,17). The first-order chi connectivity index (χ1) is 9.02. The Morgan fingerprint density at radius 3 is 2.79 bits per heavy atom. The molecule has 0 saturated heterocycles. The molecule has 1 heterocycles. The molecule has 2 rings (SSSR count). The van der Waals surface area contributed by atoms with Crippen molar-refractivity contribution in [3.05, 3.63) is 29.5 Å². The maximum atomic E-state index is 11.6. The average Bonchev–Trinajstić information content (AvgIpc) is 2.77. The molecule has 0 saturated carbocycles. The van der Waals surface area contributed by atoms with Crippen LogP contribution in [0.25, 0.3) is 11.0 Å². The van der Waals surface area contributed by atoms with Gasteiger partial charge in [-0.1, -0.05) is 6.07 Å². The van der Waals surface area contributed by atoms with Crippen LogP contribution in [0.2, 0.25) is 0 Å². The molecule has 0 fully saturated rings. The van der Waals surface area contributed by atoms with Crippen molar-refractivity contribution in [1.82, 2.24) is 0 Å². The number of anilines is 1. The molecule has 1 amide bonds. The molecule has 0 spiro atoms. The van der Waals surface area contributed by atoms with E-state index in [2.05, 4.69) is 5.32 Å². The highest BCUT2D eigenvalue weighted by Gasteiger charge is 2.17. The molecule has 1 aromatic heterocycles. The lowest BCUT2D eigenvalue weighted by atomic mass is 10.1. The number of esters is 1. The topological polar surface area (TPSA) is 88.8 Å². The van der Waals surface area contributed by atoms with E-state index < -0.39 is 12.1 Å². The molecular weight excluding hydrogens is 250 g/mol. The van der Waals surface area contributed by atoms with Gasteiger partial charge in [-0.25, -0.2) is 9.59 Å². The van der Waals surface area contributed by atoms with Gasteiger partial charge < -0.3 is 14.3 Å². The Bertz CT molecular complexity index is 644. The Kier molecular flexibility index (Phi) is 3.41. The molecule has 2 N–H and O–H groups in total. The third kappa shape index (κ3) is 2.52. The van der Waals surface area contributed by atoms with Crippen molar-refractivity contribution < 1.29 is 23.8 Å². The second kappa shape index (κ2) is 5.01. The van der Waals surface area contributed by atoms with E-state index in [-0.39, 0.29) is 12.4 Å². The van der Waals surface area contributed by atoms with E-state index in [0.29, 0.717) is 16.7 Å². The summed E-state index contributed by atoms with van der Waals surface area (Å²) >= 11 is 0. The van der Waals surface area contributed by atoms with Crippen LogP contribution in [0, 0.1) is 6.92 Å². The van der Waals surface area contributed by atoms with Crippen molar-refractivity contribution in [2.24, 2.45) is 0 Å². The number of hydrogen-bond acceptors (Lipinski definition) is 4. The first kappa shape index (κ1) is 12.9. The predicted octanol–water partition coefficient (Wildman–Crippen LogP) is 3.01. The van der Waals surface area contributed by atoms with Gasteiger partial charge in [0.25, 0.3) is 0 Å². The third-order valence-electron chi connectivity index (χ3n) is 2.62. The molecule has 0 aliphatic carbocycles.